The van der Waals surface area contributed by atoms with E-state index < -0.39 is 4.92 Å². The minimum Gasteiger partial charge on any atom is -0.396 e. The highest BCUT2D eigenvalue weighted by molar-refractivity contribution is 5.99. The number of hydrogen-bond acceptors (Lipinski definition) is 8. The largest absolute Gasteiger partial charge is 0.396 e. The molecule has 2 heterocycles. The third kappa shape index (κ3) is 3.12. The smallest absolute Gasteiger partial charge is 0.323 e. The highest BCUT2D eigenvalue weighted by Crippen LogP contribution is 2.39. The van der Waals surface area contributed by atoms with E-state index in [1.54, 1.807) is 6.07 Å². The second kappa shape index (κ2) is 7.00. The number of anilines is 2. The standard InChI is InChI=1S/C15H21N5O4/c1-10-4-2-6-19(9-10)12-8-11(16-5-3-7-21)15(20(22)23)14-13(12)17-24-18-14/h8,10,16,21H,2-7,9H2,1H3/t10-/m1/s1. The van der Waals surface area contributed by atoms with Crippen molar-refractivity contribution in [2.75, 3.05) is 36.5 Å². The Morgan fingerprint density at radius 1 is 1.50 bits per heavy atom. The molecule has 3 rings (SSSR count). The van der Waals surface area contributed by atoms with E-state index in [9.17, 15) is 10.1 Å². The number of hydrogen-bond donors (Lipinski definition) is 2. The predicted molar refractivity (Wildman–Crippen MR) is 89.3 cm³/mol. The summed E-state index contributed by atoms with van der Waals surface area (Å²) in [6.07, 6.45) is 2.74. The van der Waals surface area contributed by atoms with E-state index in [0.29, 0.717) is 30.1 Å². The number of fused-ring (bicyclic) bond motifs is 1. The Morgan fingerprint density at radius 2 is 2.29 bits per heavy atom. The lowest BCUT2D eigenvalue weighted by molar-refractivity contribution is -0.382. The average Bonchev–Trinajstić information content (AvgIpc) is 3.03. The third-order valence-corrected chi connectivity index (χ3v) is 4.32. The van der Waals surface area contributed by atoms with Gasteiger partial charge in [-0.2, -0.15) is 0 Å². The number of nitrogens with zero attached hydrogens (tertiary/aromatic N) is 4. The summed E-state index contributed by atoms with van der Waals surface area (Å²) in [5.74, 6) is 0.551. The van der Waals surface area contributed by atoms with Crippen LogP contribution in [0.15, 0.2) is 10.7 Å². The van der Waals surface area contributed by atoms with E-state index in [1.165, 1.54) is 6.42 Å². The summed E-state index contributed by atoms with van der Waals surface area (Å²) in [7, 11) is 0. The molecule has 1 saturated heterocycles. The van der Waals surface area contributed by atoms with Crippen molar-refractivity contribution in [2.24, 2.45) is 5.92 Å². The molecule has 1 aromatic carbocycles. The highest BCUT2D eigenvalue weighted by atomic mass is 16.6. The predicted octanol–water partition coefficient (Wildman–Crippen LogP) is 2.16. The lowest BCUT2D eigenvalue weighted by atomic mass is 9.99. The first-order chi connectivity index (χ1) is 11.6. The molecule has 2 N–H and O–H groups in total. The van der Waals surface area contributed by atoms with Crippen LogP contribution in [0.3, 0.4) is 0 Å². The normalized spacial score (nSPS) is 18.1. The van der Waals surface area contributed by atoms with Gasteiger partial charge in [0, 0.05) is 26.2 Å². The van der Waals surface area contributed by atoms with Gasteiger partial charge in [0.2, 0.25) is 5.52 Å². The Balaban J connectivity index is 2.06. The van der Waals surface area contributed by atoms with Crippen LogP contribution in [0.4, 0.5) is 17.1 Å². The lowest BCUT2D eigenvalue weighted by Gasteiger charge is -2.32. The quantitative estimate of drug-likeness (QED) is 0.468. The van der Waals surface area contributed by atoms with E-state index in [0.717, 1.165) is 25.2 Å². The fourth-order valence-electron chi connectivity index (χ4n) is 3.18. The van der Waals surface area contributed by atoms with Gasteiger partial charge in [-0.1, -0.05) is 6.92 Å². The van der Waals surface area contributed by atoms with Crippen LogP contribution < -0.4 is 10.2 Å². The molecule has 0 amide bonds. The summed E-state index contributed by atoms with van der Waals surface area (Å²) >= 11 is 0. The molecule has 0 radical (unpaired) electrons. The topological polar surface area (TPSA) is 118 Å². The molecule has 2 aromatic rings. The fourth-order valence-corrected chi connectivity index (χ4v) is 3.18. The second-order valence-electron chi connectivity index (χ2n) is 6.21. The molecule has 1 aliphatic heterocycles. The lowest BCUT2D eigenvalue weighted by Crippen LogP contribution is -2.34. The van der Waals surface area contributed by atoms with Crippen molar-refractivity contribution in [2.45, 2.75) is 26.2 Å². The van der Waals surface area contributed by atoms with Gasteiger partial charge >= 0.3 is 5.69 Å². The van der Waals surface area contributed by atoms with Crippen molar-refractivity contribution in [3.8, 4) is 0 Å². The van der Waals surface area contributed by atoms with Gasteiger partial charge in [0.15, 0.2) is 5.52 Å². The van der Waals surface area contributed by atoms with Crippen molar-refractivity contribution in [3.63, 3.8) is 0 Å². The molecule has 0 spiro atoms. The van der Waals surface area contributed by atoms with E-state index in [1.807, 2.05) is 0 Å². The van der Waals surface area contributed by atoms with Crippen molar-refractivity contribution in [3.05, 3.63) is 16.2 Å². The summed E-state index contributed by atoms with van der Waals surface area (Å²) in [5.41, 5.74) is 1.61. The zero-order chi connectivity index (χ0) is 17.1. The Bertz CT molecular complexity index is 732. The number of aromatic nitrogens is 2. The maximum atomic E-state index is 11.5. The summed E-state index contributed by atoms with van der Waals surface area (Å²) < 4.78 is 4.80. The van der Waals surface area contributed by atoms with Crippen LogP contribution in [-0.2, 0) is 0 Å². The van der Waals surface area contributed by atoms with Gasteiger partial charge in [-0.05, 0) is 41.6 Å². The number of piperidine rings is 1. The molecular formula is C15H21N5O4. The van der Waals surface area contributed by atoms with Gasteiger partial charge in [0.05, 0.1) is 10.6 Å². The second-order valence-corrected chi connectivity index (χ2v) is 6.21. The molecule has 9 heteroatoms. The molecule has 1 aliphatic rings. The molecule has 1 atom stereocenters. The van der Waals surface area contributed by atoms with Crippen LogP contribution in [0, 0.1) is 16.0 Å². The molecule has 130 valence electrons. The molecule has 0 aliphatic carbocycles. The maximum absolute atomic E-state index is 11.5. The molecule has 1 fully saturated rings. The number of nitro groups is 1. The SMILES string of the molecule is C[C@@H]1CCCN(c2cc(NCCCO)c([N+](=O)[O-])c3nonc23)C1. The minimum atomic E-state index is -0.476. The Hall–Kier alpha value is -2.42. The van der Waals surface area contributed by atoms with Crippen LogP contribution >= 0.6 is 0 Å². The van der Waals surface area contributed by atoms with E-state index in [2.05, 4.69) is 27.5 Å². The van der Waals surface area contributed by atoms with Gasteiger partial charge < -0.3 is 15.3 Å². The molecule has 0 saturated carbocycles. The number of aliphatic hydroxyl groups excluding tert-OH is 1. The average molecular weight is 335 g/mol. The van der Waals surface area contributed by atoms with E-state index in [-0.39, 0.29) is 17.8 Å². The monoisotopic (exact) mass is 335 g/mol. The molecule has 0 bridgehead atoms. The van der Waals surface area contributed by atoms with Gasteiger partial charge in [-0.15, -0.1) is 0 Å². The molecule has 1 aromatic heterocycles. The van der Waals surface area contributed by atoms with Crippen molar-refractivity contribution < 1.29 is 14.7 Å². The van der Waals surface area contributed by atoms with Crippen molar-refractivity contribution >= 4 is 28.1 Å². The zero-order valence-electron chi connectivity index (χ0n) is 13.6. The van der Waals surface area contributed by atoms with Gasteiger partial charge in [-0.3, -0.25) is 10.1 Å². The van der Waals surface area contributed by atoms with Crippen molar-refractivity contribution in [1.29, 1.82) is 0 Å². The van der Waals surface area contributed by atoms with E-state index in [4.69, 9.17) is 9.74 Å². The van der Waals surface area contributed by atoms with Crippen LogP contribution in [0.1, 0.15) is 26.2 Å². The van der Waals surface area contributed by atoms with Crippen LogP contribution in [0.2, 0.25) is 0 Å². The highest BCUT2D eigenvalue weighted by Gasteiger charge is 2.29. The van der Waals surface area contributed by atoms with Gasteiger partial charge in [0.1, 0.15) is 5.69 Å². The summed E-state index contributed by atoms with van der Waals surface area (Å²) in [4.78, 5) is 13.2. The van der Waals surface area contributed by atoms with Gasteiger partial charge in [-0.25, -0.2) is 4.63 Å². The number of nitrogens with one attached hydrogen (secondary N) is 1. The number of rotatable bonds is 6. The molecule has 9 nitrogen and oxygen atoms in total. The Morgan fingerprint density at radius 3 is 3.00 bits per heavy atom. The Kier molecular flexibility index (Phi) is 4.79. The minimum absolute atomic E-state index is 0.0189. The number of benzene rings is 1. The Labute approximate surface area is 138 Å². The number of nitro benzene ring substituents is 1. The van der Waals surface area contributed by atoms with Crippen LogP contribution in [-0.4, -0.2) is 46.6 Å². The van der Waals surface area contributed by atoms with E-state index >= 15 is 0 Å². The van der Waals surface area contributed by atoms with Crippen molar-refractivity contribution in [1.82, 2.24) is 10.3 Å². The summed E-state index contributed by atoms with van der Waals surface area (Å²) in [5, 5.41) is 31.1. The van der Waals surface area contributed by atoms with Crippen LogP contribution in [0.5, 0.6) is 0 Å². The van der Waals surface area contributed by atoms with Gasteiger partial charge in [0.25, 0.3) is 0 Å². The summed E-state index contributed by atoms with van der Waals surface area (Å²) in [6, 6.07) is 1.75. The fraction of sp³-hybridized carbons (Fsp3) is 0.600. The first-order valence-electron chi connectivity index (χ1n) is 8.15. The third-order valence-electron chi connectivity index (χ3n) is 4.32. The van der Waals surface area contributed by atoms with Crippen LogP contribution in [0.25, 0.3) is 11.0 Å². The molecule has 0 unspecified atom stereocenters. The first-order valence-corrected chi connectivity index (χ1v) is 8.15. The first kappa shape index (κ1) is 16.4. The number of aliphatic hydroxyl groups is 1. The summed E-state index contributed by atoms with van der Waals surface area (Å²) in [6.45, 7) is 4.39. The zero-order valence-corrected chi connectivity index (χ0v) is 13.6. The molecular weight excluding hydrogens is 314 g/mol. The maximum Gasteiger partial charge on any atom is 0.323 e. The molecule has 24 heavy (non-hydrogen) atoms.